The molecule has 2 aromatic rings. The lowest BCUT2D eigenvalue weighted by Crippen LogP contribution is -2.54. The van der Waals surface area contributed by atoms with E-state index in [1.54, 1.807) is 31.2 Å². The van der Waals surface area contributed by atoms with Gasteiger partial charge in [-0.05, 0) is 31.5 Å². The number of ether oxygens (including phenoxy) is 1. The predicted octanol–water partition coefficient (Wildman–Crippen LogP) is 2.38. The average molecular weight is 378 g/mol. The van der Waals surface area contributed by atoms with Crippen LogP contribution in [0, 0.1) is 18.8 Å². The summed E-state index contributed by atoms with van der Waals surface area (Å²) in [6.45, 7) is 3.61. The zero-order valence-corrected chi connectivity index (χ0v) is 16.0. The van der Waals surface area contributed by atoms with Gasteiger partial charge in [-0.3, -0.25) is 19.7 Å². The molecule has 2 heterocycles. The number of amides is 2. The molecule has 2 aliphatic heterocycles. The van der Waals surface area contributed by atoms with Gasteiger partial charge in [-0.1, -0.05) is 48.0 Å². The van der Waals surface area contributed by atoms with Crippen molar-refractivity contribution >= 4 is 23.5 Å². The van der Waals surface area contributed by atoms with Gasteiger partial charge in [0.15, 0.2) is 0 Å². The first-order valence-electron chi connectivity index (χ1n) is 9.24. The van der Waals surface area contributed by atoms with Crippen LogP contribution in [0.2, 0.25) is 0 Å². The summed E-state index contributed by atoms with van der Waals surface area (Å²) in [5, 5.41) is 3.25. The van der Waals surface area contributed by atoms with Crippen LogP contribution in [-0.4, -0.2) is 30.4 Å². The standard InChI is InChI=1S/C22H22N2O4/c1-13-8-7-9-14(12-13)18-16-17(22(2,23-18)21(27)28-3)20(26)24(19(16)25)15-10-5-4-6-11-15/h4-12,16-18,23H,1-3H3/t16-,17+,18-,22-/m1/s1. The van der Waals surface area contributed by atoms with E-state index in [1.165, 1.54) is 12.0 Å². The summed E-state index contributed by atoms with van der Waals surface area (Å²) >= 11 is 0. The number of esters is 1. The van der Waals surface area contributed by atoms with Crippen molar-refractivity contribution in [2.24, 2.45) is 11.8 Å². The first-order chi connectivity index (χ1) is 13.4. The first kappa shape index (κ1) is 18.4. The number of methoxy groups -OCH3 is 1. The fourth-order valence-electron chi connectivity index (χ4n) is 4.52. The molecule has 0 unspecified atom stereocenters. The quantitative estimate of drug-likeness (QED) is 0.656. The molecule has 2 aliphatic rings. The summed E-state index contributed by atoms with van der Waals surface area (Å²) in [4.78, 5) is 40.6. The smallest absolute Gasteiger partial charge is 0.326 e. The molecule has 2 fully saturated rings. The maximum Gasteiger partial charge on any atom is 0.326 e. The number of carbonyl (C=O) groups is 3. The Morgan fingerprint density at radius 2 is 1.79 bits per heavy atom. The molecule has 0 aliphatic carbocycles. The average Bonchev–Trinajstić information content (AvgIpc) is 3.16. The van der Waals surface area contributed by atoms with Crippen molar-refractivity contribution in [2.45, 2.75) is 25.4 Å². The lowest BCUT2D eigenvalue weighted by atomic mass is 9.80. The minimum atomic E-state index is -1.29. The monoisotopic (exact) mass is 378 g/mol. The lowest BCUT2D eigenvalue weighted by Gasteiger charge is -2.28. The molecule has 2 aromatic carbocycles. The molecule has 144 valence electrons. The summed E-state index contributed by atoms with van der Waals surface area (Å²) in [5.41, 5.74) is 1.14. The third-order valence-corrected chi connectivity index (χ3v) is 5.81. The van der Waals surface area contributed by atoms with Crippen LogP contribution in [0.4, 0.5) is 5.69 Å². The zero-order chi connectivity index (χ0) is 20.1. The van der Waals surface area contributed by atoms with Gasteiger partial charge in [0, 0.05) is 6.04 Å². The van der Waals surface area contributed by atoms with E-state index in [-0.39, 0.29) is 11.8 Å². The van der Waals surface area contributed by atoms with Gasteiger partial charge in [0.05, 0.1) is 24.6 Å². The highest BCUT2D eigenvalue weighted by atomic mass is 16.5. The molecule has 0 spiro atoms. The van der Waals surface area contributed by atoms with E-state index >= 15 is 0 Å². The van der Waals surface area contributed by atoms with E-state index in [0.717, 1.165) is 11.1 Å². The van der Waals surface area contributed by atoms with Gasteiger partial charge in [0.2, 0.25) is 11.8 Å². The summed E-state index contributed by atoms with van der Waals surface area (Å²) in [7, 11) is 1.29. The Bertz CT molecular complexity index is 958. The predicted molar refractivity (Wildman–Crippen MR) is 103 cm³/mol. The van der Waals surface area contributed by atoms with Crippen LogP contribution in [0.3, 0.4) is 0 Å². The third-order valence-electron chi connectivity index (χ3n) is 5.81. The summed E-state index contributed by atoms with van der Waals surface area (Å²) in [5.74, 6) is -2.74. The van der Waals surface area contributed by atoms with Crippen molar-refractivity contribution in [1.29, 1.82) is 0 Å². The van der Waals surface area contributed by atoms with Crippen LogP contribution < -0.4 is 10.2 Å². The van der Waals surface area contributed by atoms with E-state index in [9.17, 15) is 14.4 Å². The Kier molecular flexibility index (Phi) is 4.31. The molecule has 4 rings (SSSR count). The fourth-order valence-corrected chi connectivity index (χ4v) is 4.52. The van der Waals surface area contributed by atoms with Crippen molar-refractivity contribution in [3.05, 3.63) is 65.7 Å². The fraction of sp³-hybridized carbons (Fsp3) is 0.318. The van der Waals surface area contributed by atoms with Gasteiger partial charge in [0.1, 0.15) is 5.54 Å². The van der Waals surface area contributed by atoms with Crippen molar-refractivity contribution in [2.75, 3.05) is 12.0 Å². The number of nitrogens with one attached hydrogen (secondary N) is 1. The van der Waals surface area contributed by atoms with Crippen LogP contribution in [0.25, 0.3) is 0 Å². The number of imide groups is 1. The van der Waals surface area contributed by atoms with Gasteiger partial charge in [-0.15, -0.1) is 0 Å². The van der Waals surface area contributed by atoms with E-state index < -0.39 is 29.4 Å². The van der Waals surface area contributed by atoms with Gasteiger partial charge in [-0.2, -0.15) is 0 Å². The van der Waals surface area contributed by atoms with Crippen LogP contribution in [0.1, 0.15) is 24.1 Å². The minimum Gasteiger partial charge on any atom is -0.468 e. The summed E-state index contributed by atoms with van der Waals surface area (Å²) in [6, 6.07) is 16.1. The highest BCUT2D eigenvalue weighted by molar-refractivity contribution is 6.24. The van der Waals surface area contributed by atoms with Crippen molar-refractivity contribution < 1.29 is 19.1 Å². The number of carbonyl (C=O) groups excluding carboxylic acids is 3. The number of rotatable bonds is 3. The van der Waals surface area contributed by atoms with Gasteiger partial charge in [0.25, 0.3) is 0 Å². The second-order valence-electron chi connectivity index (χ2n) is 7.58. The molecule has 6 nitrogen and oxygen atoms in total. The van der Waals surface area contributed by atoms with Crippen LogP contribution in [-0.2, 0) is 19.1 Å². The molecule has 0 radical (unpaired) electrons. The maximum atomic E-state index is 13.4. The van der Waals surface area contributed by atoms with Crippen molar-refractivity contribution in [3.63, 3.8) is 0 Å². The summed E-state index contributed by atoms with van der Waals surface area (Å²) < 4.78 is 4.99. The highest BCUT2D eigenvalue weighted by Crippen LogP contribution is 2.49. The number of hydrogen-bond acceptors (Lipinski definition) is 5. The molecule has 28 heavy (non-hydrogen) atoms. The van der Waals surface area contributed by atoms with Gasteiger partial charge >= 0.3 is 5.97 Å². The maximum absolute atomic E-state index is 13.4. The molecule has 0 bridgehead atoms. The molecule has 4 atom stereocenters. The molecular formula is C22H22N2O4. The SMILES string of the molecule is COC(=O)[C@]1(C)N[C@H](c2cccc(C)c2)[C@@H]2C(=O)N(c3ccccc3)C(=O)[C@H]21. The lowest BCUT2D eigenvalue weighted by molar-refractivity contribution is -0.151. The van der Waals surface area contributed by atoms with Crippen molar-refractivity contribution in [1.82, 2.24) is 5.32 Å². The van der Waals surface area contributed by atoms with E-state index in [0.29, 0.717) is 5.69 Å². The number of nitrogens with zero attached hydrogens (tertiary/aromatic N) is 1. The largest absolute Gasteiger partial charge is 0.468 e. The molecule has 0 saturated carbocycles. The number of benzene rings is 2. The van der Waals surface area contributed by atoms with E-state index in [1.807, 2.05) is 37.3 Å². The van der Waals surface area contributed by atoms with Crippen LogP contribution >= 0.6 is 0 Å². The number of hydrogen-bond donors (Lipinski definition) is 1. The Labute approximate surface area is 163 Å². The summed E-state index contributed by atoms with van der Waals surface area (Å²) in [6.07, 6.45) is 0. The molecule has 0 aromatic heterocycles. The number of aryl methyl sites for hydroxylation is 1. The molecule has 1 N–H and O–H groups in total. The topological polar surface area (TPSA) is 75.7 Å². The third kappa shape index (κ3) is 2.56. The number of para-hydroxylation sites is 1. The van der Waals surface area contributed by atoms with Crippen LogP contribution in [0.15, 0.2) is 54.6 Å². The normalized spacial score (nSPS) is 29.1. The second kappa shape index (κ2) is 6.56. The first-order valence-corrected chi connectivity index (χ1v) is 9.24. The molecule has 2 amide bonds. The molecule has 2 saturated heterocycles. The van der Waals surface area contributed by atoms with Crippen LogP contribution in [0.5, 0.6) is 0 Å². The van der Waals surface area contributed by atoms with Gasteiger partial charge < -0.3 is 4.74 Å². The number of fused-ring (bicyclic) bond motifs is 1. The number of anilines is 1. The zero-order valence-electron chi connectivity index (χ0n) is 16.0. The Morgan fingerprint density at radius 3 is 2.43 bits per heavy atom. The molecular weight excluding hydrogens is 356 g/mol. The minimum absolute atomic E-state index is 0.298. The Morgan fingerprint density at radius 1 is 1.07 bits per heavy atom. The molecule has 6 heteroatoms. The highest BCUT2D eigenvalue weighted by Gasteiger charge is 2.67. The van der Waals surface area contributed by atoms with Crippen molar-refractivity contribution in [3.8, 4) is 0 Å². The van der Waals surface area contributed by atoms with E-state index in [4.69, 9.17) is 4.74 Å². The van der Waals surface area contributed by atoms with E-state index in [2.05, 4.69) is 5.32 Å². The Hall–Kier alpha value is -2.99. The Balaban J connectivity index is 1.84. The second-order valence-corrected chi connectivity index (χ2v) is 7.58. The van der Waals surface area contributed by atoms with Gasteiger partial charge in [-0.25, -0.2) is 4.90 Å².